The molecule has 2 amide bonds. The highest BCUT2D eigenvalue weighted by atomic mass is 16.5. The summed E-state index contributed by atoms with van der Waals surface area (Å²) in [7, 11) is 3.23. The van der Waals surface area contributed by atoms with Gasteiger partial charge in [-0.1, -0.05) is 6.08 Å². The number of hydrogen-bond acceptors (Lipinski definition) is 4. The molecule has 0 radical (unpaired) electrons. The van der Waals surface area contributed by atoms with Gasteiger partial charge in [0, 0.05) is 31.5 Å². The molecule has 1 aliphatic heterocycles. The van der Waals surface area contributed by atoms with Crippen LogP contribution in [0.3, 0.4) is 0 Å². The van der Waals surface area contributed by atoms with Crippen molar-refractivity contribution in [3.05, 3.63) is 36.0 Å². The van der Waals surface area contributed by atoms with Crippen molar-refractivity contribution >= 4 is 17.5 Å². The van der Waals surface area contributed by atoms with Crippen LogP contribution in [0.5, 0.6) is 5.75 Å². The van der Waals surface area contributed by atoms with E-state index in [1.165, 1.54) is 0 Å². The van der Waals surface area contributed by atoms with E-state index in [4.69, 9.17) is 9.47 Å². The number of nitrogens with one attached hydrogen (secondary N) is 1. The Morgan fingerprint density at radius 2 is 2.00 bits per heavy atom. The quantitative estimate of drug-likeness (QED) is 0.849. The molecule has 3 rings (SSSR count). The Kier molecular flexibility index (Phi) is 5.61. The fourth-order valence-corrected chi connectivity index (χ4v) is 3.87. The van der Waals surface area contributed by atoms with Crippen LogP contribution in [0.2, 0.25) is 0 Å². The van der Waals surface area contributed by atoms with Crippen LogP contribution in [0, 0.1) is 5.41 Å². The lowest BCUT2D eigenvalue weighted by atomic mass is 9.69. The maximum absolute atomic E-state index is 13.3. The molecule has 1 N–H and O–H groups in total. The molecular weight excluding hydrogens is 332 g/mol. The number of piperidine rings is 1. The topological polar surface area (TPSA) is 67.9 Å². The maximum Gasteiger partial charge on any atom is 0.236 e. The number of allylic oxidation sites excluding steroid dienone is 1. The minimum Gasteiger partial charge on any atom is -0.497 e. The Balaban J connectivity index is 1.84. The van der Waals surface area contributed by atoms with Crippen molar-refractivity contribution in [2.24, 2.45) is 5.41 Å². The number of nitrogens with zero attached hydrogens (tertiary/aromatic N) is 1. The van der Waals surface area contributed by atoms with Crippen LogP contribution in [0.15, 0.2) is 36.0 Å². The molecule has 1 fully saturated rings. The smallest absolute Gasteiger partial charge is 0.236 e. The van der Waals surface area contributed by atoms with Gasteiger partial charge in [0.2, 0.25) is 11.8 Å². The lowest BCUT2D eigenvalue weighted by Gasteiger charge is -2.45. The molecule has 26 heavy (non-hydrogen) atoms. The van der Waals surface area contributed by atoms with Crippen molar-refractivity contribution < 1.29 is 19.1 Å². The van der Waals surface area contributed by atoms with E-state index in [1.807, 2.05) is 24.3 Å². The third-order valence-corrected chi connectivity index (χ3v) is 5.29. The third kappa shape index (κ3) is 3.46. The second kappa shape index (κ2) is 7.91. The number of hydrogen-bond donors (Lipinski definition) is 1. The number of anilines is 1. The number of methoxy groups -OCH3 is 2. The van der Waals surface area contributed by atoms with Crippen LogP contribution in [0.4, 0.5) is 5.69 Å². The zero-order valence-electron chi connectivity index (χ0n) is 15.4. The predicted octanol–water partition coefficient (Wildman–Crippen LogP) is 2.96. The van der Waals surface area contributed by atoms with Gasteiger partial charge >= 0.3 is 0 Å². The Morgan fingerprint density at radius 3 is 2.69 bits per heavy atom. The molecule has 1 unspecified atom stereocenters. The van der Waals surface area contributed by atoms with Crippen molar-refractivity contribution in [3.63, 3.8) is 0 Å². The number of rotatable bonds is 6. The molecule has 1 saturated heterocycles. The monoisotopic (exact) mass is 358 g/mol. The Labute approximate surface area is 154 Å². The first-order valence-corrected chi connectivity index (χ1v) is 9.06. The summed E-state index contributed by atoms with van der Waals surface area (Å²) in [6.07, 6.45) is 5.61. The van der Waals surface area contributed by atoms with Crippen molar-refractivity contribution in [3.8, 4) is 5.75 Å². The van der Waals surface area contributed by atoms with Crippen LogP contribution in [0.1, 0.15) is 32.1 Å². The van der Waals surface area contributed by atoms with Crippen molar-refractivity contribution in [1.29, 1.82) is 0 Å². The van der Waals surface area contributed by atoms with E-state index < -0.39 is 5.41 Å². The standard InChI is InChI=1S/C20H26N2O4/c1-25-14-13-22-17-5-3-4-11-20(17,12-10-18(22)23)19(24)21-15-6-8-16(26-2)9-7-15/h5-9H,3-4,10-14H2,1-2H3,(H,21,24). The summed E-state index contributed by atoms with van der Waals surface area (Å²) in [5, 5.41) is 3.04. The molecule has 140 valence electrons. The number of amides is 2. The van der Waals surface area contributed by atoms with Gasteiger partial charge in [0.25, 0.3) is 0 Å². The first-order valence-electron chi connectivity index (χ1n) is 9.06. The first-order chi connectivity index (χ1) is 12.6. The average molecular weight is 358 g/mol. The van der Waals surface area contributed by atoms with Crippen molar-refractivity contribution in [2.75, 3.05) is 32.7 Å². The molecule has 1 aromatic carbocycles. The third-order valence-electron chi connectivity index (χ3n) is 5.29. The lowest BCUT2D eigenvalue weighted by molar-refractivity contribution is -0.138. The highest BCUT2D eigenvalue weighted by Gasteiger charge is 2.49. The van der Waals surface area contributed by atoms with E-state index >= 15 is 0 Å². The molecule has 1 aliphatic carbocycles. The van der Waals surface area contributed by atoms with Crippen molar-refractivity contribution in [1.82, 2.24) is 4.90 Å². The van der Waals surface area contributed by atoms with E-state index in [9.17, 15) is 9.59 Å². The SMILES string of the molecule is COCCN1C(=O)CCC2(C(=O)Nc3ccc(OC)cc3)CCCC=C12. The second-order valence-corrected chi connectivity index (χ2v) is 6.78. The van der Waals surface area contributed by atoms with Crippen LogP contribution < -0.4 is 10.1 Å². The van der Waals surface area contributed by atoms with Crippen molar-refractivity contribution in [2.45, 2.75) is 32.1 Å². The minimum absolute atomic E-state index is 0.0384. The number of ether oxygens (including phenoxy) is 2. The minimum atomic E-state index is -0.639. The molecule has 0 spiro atoms. The summed E-state index contributed by atoms with van der Waals surface area (Å²) >= 11 is 0. The summed E-state index contributed by atoms with van der Waals surface area (Å²) in [4.78, 5) is 27.4. The van der Waals surface area contributed by atoms with Crippen LogP contribution in [-0.2, 0) is 14.3 Å². The Morgan fingerprint density at radius 1 is 1.23 bits per heavy atom. The summed E-state index contributed by atoms with van der Waals surface area (Å²) in [5.74, 6) is 0.778. The molecule has 0 aromatic heterocycles. The van der Waals surface area contributed by atoms with Gasteiger partial charge in [0.05, 0.1) is 19.1 Å². The fraction of sp³-hybridized carbons (Fsp3) is 0.500. The van der Waals surface area contributed by atoms with Gasteiger partial charge in [0.1, 0.15) is 5.75 Å². The zero-order valence-corrected chi connectivity index (χ0v) is 15.4. The first kappa shape index (κ1) is 18.5. The van der Waals surface area contributed by atoms with Gasteiger partial charge in [-0.05, 0) is 49.9 Å². The van der Waals surface area contributed by atoms with E-state index in [2.05, 4.69) is 11.4 Å². The lowest BCUT2D eigenvalue weighted by Crippen LogP contribution is -2.51. The molecular formula is C20H26N2O4. The highest BCUT2D eigenvalue weighted by Crippen LogP contribution is 2.47. The summed E-state index contributed by atoms with van der Waals surface area (Å²) in [6, 6.07) is 7.30. The number of fused-ring (bicyclic) bond motifs is 1. The molecule has 1 aromatic rings. The predicted molar refractivity (Wildman–Crippen MR) is 98.8 cm³/mol. The molecule has 0 saturated carbocycles. The normalized spacial score (nSPS) is 22.5. The summed E-state index contributed by atoms with van der Waals surface area (Å²) < 4.78 is 10.3. The van der Waals surface area contributed by atoms with Crippen LogP contribution in [-0.4, -0.2) is 44.1 Å². The van der Waals surface area contributed by atoms with E-state index in [0.29, 0.717) is 26.0 Å². The van der Waals surface area contributed by atoms with Crippen LogP contribution in [0.25, 0.3) is 0 Å². The molecule has 6 heteroatoms. The van der Waals surface area contributed by atoms with Gasteiger partial charge in [-0.2, -0.15) is 0 Å². The number of carbonyl (C=O) groups excluding carboxylic acids is 2. The summed E-state index contributed by atoms with van der Waals surface area (Å²) in [5.41, 5.74) is 0.943. The zero-order chi connectivity index (χ0) is 18.6. The largest absolute Gasteiger partial charge is 0.497 e. The average Bonchev–Trinajstić information content (AvgIpc) is 2.68. The maximum atomic E-state index is 13.3. The fourth-order valence-electron chi connectivity index (χ4n) is 3.87. The number of benzene rings is 1. The number of carbonyl (C=O) groups is 2. The highest BCUT2D eigenvalue weighted by molar-refractivity contribution is 5.99. The molecule has 2 aliphatic rings. The molecule has 6 nitrogen and oxygen atoms in total. The molecule has 0 bridgehead atoms. The Bertz CT molecular complexity index is 698. The summed E-state index contributed by atoms with van der Waals surface area (Å²) in [6.45, 7) is 0.942. The van der Waals surface area contributed by atoms with Gasteiger partial charge in [-0.15, -0.1) is 0 Å². The molecule has 1 heterocycles. The van der Waals surface area contributed by atoms with Gasteiger partial charge in [-0.25, -0.2) is 0 Å². The van der Waals surface area contributed by atoms with E-state index in [1.54, 1.807) is 19.1 Å². The molecule has 1 atom stereocenters. The van der Waals surface area contributed by atoms with E-state index in [-0.39, 0.29) is 11.8 Å². The Hall–Kier alpha value is -2.34. The second-order valence-electron chi connectivity index (χ2n) is 6.78. The van der Waals surface area contributed by atoms with Crippen LogP contribution >= 0.6 is 0 Å². The van der Waals surface area contributed by atoms with Gasteiger partial charge in [-0.3, -0.25) is 9.59 Å². The van der Waals surface area contributed by atoms with Gasteiger partial charge in [0.15, 0.2) is 0 Å². The van der Waals surface area contributed by atoms with Gasteiger partial charge < -0.3 is 19.7 Å². The van der Waals surface area contributed by atoms with E-state index in [0.717, 1.165) is 36.4 Å². The number of likely N-dealkylation sites (tertiary alicyclic amines) is 1.